The number of hydrogen-bond donors (Lipinski definition) is 1. The molecule has 86 valence electrons. The lowest BCUT2D eigenvalue weighted by molar-refractivity contribution is 0.0634. The first-order chi connectivity index (χ1) is 6.52. The van der Waals surface area contributed by atoms with Crippen molar-refractivity contribution in [2.24, 2.45) is 17.8 Å². The average Bonchev–Trinajstić information content (AvgIpc) is 2.16. The molecule has 0 saturated heterocycles. The minimum atomic E-state index is -0.105. The van der Waals surface area contributed by atoms with Gasteiger partial charge in [0, 0.05) is 0 Å². The second-order valence-corrected chi connectivity index (χ2v) is 4.94. The van der Waals surface area contributed by atoms with E-state index in [2.05, 4.69) is 34.6 Å². The number of rotatable bonds is 7. The van der Waals surface area contributed by atoms with Crippen LogP contribution in [0.15, 0.2) is 0 Å². The van der Waals surface area contributed by atoms with Crippen LogP contribution in [-0.2, 0) is 0 Å². The van der Waals surface area contributed by atoms with E-state index in [0.29, 0.717) is 17.8 Å². The number of aliphatic hydroxyl groups excluding tert-OH is 1. The Morgan fingerprint density at radius 2 is 1.64 bits per heavy atom. The van der Waals surface area contributed by atoms with E-state index in [1.54, 1.807) is 0 Å². The van der Waals surface area contributed by atoms with Crippen LogP contribution in [0.3, 0.4) is 0 Å². The molecule has 0 aromatic carbocycles. The zero-order valence-electron chi connectivity index (χ0n) is 10.6. The lowest BCUT2D eigenvalue weighted by Crippen LogP contribution is -2.25. The highest BCUT2D eigenvalue weighted by molar-refractivity contribution is 4.71. The molecule has 0 bridgehead atoms. The summed E-state index contributed by atoms with van der Waals surface area (Å²) in [6.07, 6.45) is 4.49. The molecule has 4 unspecified atom stereocenters. The molecule has 0 saturated carbocycles. The van der Waals surface area contributed by atoms with E-state index in [9.17, 15) is 5.11 Å². The minimum absolute atomic E-state index is 0.105. The van der Waals surface area contributed by atoms with Gasteiger partial charge < -0.3 is 5.11 Å². The predicted molar refractivity (Wildman–Crippen MR) is 63.3 cm³/mol. The minimum Gasteiger partial charge on any atom is -0.393 e. The first-order valence-corrected chi connectivity index (χ1v) is 6.20. The molecule has 0 aliphatic heterocycles. The number of hydrogen-bond acceptors (Lipinski definition) is 1. The fraction of sp³-hybridized carbons (Fsp3) is 1.00. The molecule has 0 spiro atoms. The van der Waals surface area contributed by atoms with E-state index in [1.165, 1.54) is 19.3 Å². The zero-order valence-corrected chi connectivity index (χ0v) is 10.6. The van der Waals surface area contributed by atoms with Crippen molar-refractivity contribution in [2.45, 2.75) is 66.4 Å². The summed E-state index contributed by atoms with van der Waals surface area (Å²) in [5.74, 6) is 1.75. The van der Waals surface area contributed by atoms with Gasteiger partial charge in [0.05, 0.1) is 6.10 Å². The molecule has 0 aliphatic rings. The molecule has 0 fully saturated rings. The van der Waals surface area contributed by atoms with Crippen LogP contribution in [0, 0.1) is 17.8 Å². The van der Waals surface area contributed by atoms with Crippen LogP contribution in [0.4, 0.5) is 0 Å². The highest BCUT2D eigenvalue weighted by Gasteiger charge is 2.21. The Bertz CT molecular complexity index is 133. The van der Waals surface area contributed by atoms with E-state index < -0.39 is 0 Å². The number of aliphatic hydroxyl groups is 1. The molecule has 1 heteroatoms. The summed E-state index contributed by atoms with van der Waals surface area (Å²) in [4.78, 5) is 0. The normalized spacial score (nSPS) is 20.1. The van der Waals surface area contributed by atoms with E-state index in [1.807, 2.05) is 0 Å². The van der Waals surface area contributed by atoms with Gasteiger partial charge in [-0.05, 0) is 24.2 Å². The van der Waals surface area contributed by atoms with Crippen LogP contribution in [-0.4, -0.2) is 11.2 Å². The molecule has 0 aromatic heterocycles. The smallest absolute Gasteiger partial charge is 0.0570 e. The van der Waals surface area contributed by atoms with Crippen molar-refractivity contribution in [2.75, 3.05) is 0 Å². The summed E-state index contributed by atoms with van der Waals surface area (Å²) >= 11 is 0. The zero-order chi connectivity index (χ0) is 11.1. The highest BCUT2D eigenvalue weighted by atomic mass is 16.3. The van der Waals surface area contributed by atoms with Crippen molar-refractivity contribution in [3.63, 3.8) is 0 Å². The Kier molecular flexibility index (Phi) is 7.26. The Morgan fingerprint density at radius 3 is 2.07 bits per heavy atom. The molecule has 0 rings (SSSR count). The van der Waals surface area contributed by atoms with Crippen molar-refractivity contribution in [1.29, 1.82) is 0 Å². The van der Waals surface area contributed by atoms with Crippen LogP contribution >= 0.6 is 0 Å². The molecule has 0 aromatic rings. The van der Waals surface area contributed by atoms with Crippen LogP contribution < -0.4 is 0 Å². The van der Waals surface area contributed by atoms with Gasteiger partial charge in [0.25, 0.3) is 0 Å². The molecule has 14 heavy (non-hydrogen) atoms. The van der Waals surface area contributed by atoms with Crippen molar-refractivity contribution in [3.8, 4) is 0 Å². The van der Waals surface area contributed by atoms with Crippen molar-refractivity contribution in [1.82, 2.24) is 0 Å². The SMILES string of the molecule is CCCC(C)C(C)C(O)CC(C)CC. The van der Waals surface area contributed by atoms with Gasteiger partial charge in [-0.25, -0.2) is 0 Å². The summed E-state index contributed by atoms with van der Waals surface area (Å²) in [6.45, 7) is 11.1. The van der Waals surface area contributed by atoms with Crippen LogP contribution in [0.1, 0.15) is 60.3 Å². The lowest BCUT2D eigenvalue weighted by atomic mass is 9.83. The van der Waals surface area contributed by atoms with E-state index in [4.69, 9.17) is 0 Å². The van der Waals surface area contributed by atoms with Gasteiger partial charge in [-0.1, -0.05) is 53.9 Å². The van der Waals surface area contributed by atoms with Crippen LogP contribution in [0.2, 0.25) is 0 Å². The van der Waals surface area contributed by atoms with Gasteiger partial charge in [-0.15, -0.1) is 0 Å². The predicted octanol–water partition coefficient (Wildman–Crippen LogP) is 3.86. The fourth-order valence-electron chi connectivity index (χ4n) is 1.89. The molecule has 1 nitrogen and oxygen atoms in total. The highest BCUT2D eigenvalue weighted by Crippen LogP contribution is 2.24. The summed E-state index contributed by atoms with van der Waals surface area (Å²) in [6, 6.07) is 0. The second-order valence-electron chi connectivity index (χ2n) is 4.94. The molecule has 4 atom stereocenters. The van der Waals surface area contributed by atoms with E-state index in [0.717, 1.165) is 6.42 Å². The third kappa shape index (κ3) is 4.99. The molecular weight excluding hydrogens is 172 g/mol. The summed E-state index contributed by atoms with van der Waals surface area (Å²) in [5, 5.41) is 10.0. The van der Waals surface area contributed by atoms with Gasteiger partial charge in [0.15, 0.2) is 0 Å². The molecule has 0 aliphatic carbocycles. The molecule has 1 N–H and O–H groups in total. The molecule has 0 amide bonds. The Balaban J connectivity index is 3.90. The Morgan fingerprint density at radius 1 is 1.07 bits per heavy atom. The third-order valence-electron chi connectivity index (χ3n) is 3.59. The quantitative estimate of drug-likeness (QED) is 0.661. The van der Waals surface area contributed by atoms with E-state index >= 15 is 0 Å². The Hall–Kier alpha value is -0.0400. The van der Waals surface area contributed by atoms with E-state index in [-0.39, 0.29) is 6.10 Å². The van der Waals surface area contributed by atoms with Gasteiger partial charge >= 0.3 is 0 Å². The summed E-state index contributed by atoms with van der Waals surface area (Å²) < 4.78 is 0. The standard InChI is InChI=1S/C13H28O/c1-6-8-11(4)12(5)13(14)9-10(3)7-2/h10-14H,6-9H2,1-5H3. The second kappa shape index (κ2) is 7.28. The summed E-state index contributed by atoms with van der Waals surface area (Å²) in [5.41, 5.74) is 0. The van der Waals surface area contributed by atoms with Crippen molar-refractivity contribution in [3.05, 3.63) is 0 Å². The fourth-order valence-corrected chi connectivity index (χ4v) is 1.89. The maximum absolute atomic E-state index is 10.0. The van der Waals surface area contributed by atoms with Gasteiger partial charge in [-0.2, -0.15) is 0 Å². The molecule has 0 radical (unpaired) electrons. The van der Waals surface area contributed by atoms with Crippen molar-refractivity contribution >= 4 is 0 Å². The molecule has 0 heterocycles. The maximum atomic E-state index is 10.0. The monoisotopic (exact) mass is 200 g/mol. The first kappa shape index (κ1) is 14.0. The van der Waals surface area contributed by atoms with Crippen molar-refractivity contribution < 1.29 is 5.11 Å². The van der Waals surface area contributed by atoms with Gasteiger partial charge in [0.1, 0.15) is 0 Å². The topological polar surface area (TPSA) is 20.2 Å². The third-order valence-corrected chi connectivity index (χ3v) is 3.59. The Labute approximate surface area is 89.9 Å². The summed E-state index contributed by atoms with van der Waals surface area (Å²) in [7, 11) is 0. The van der Waals surface area contributed by atoms with Gasteiger partial charge in [0.2, 0.25) is 0 Å². The van der Waals surface area contributed by atoms with Crippen LogP contribution in [0.5, 0.6) is 0 Å². The lowest BCUT2D eigenvalue weighted by Gasteiger charge is -2.26. The first-order valence-electron chi connectivity index (χ1n) is 6.20. The van der Waals surface area contributed by atoms with Gasteiger partial charge in [-0.3, -0.25) is 0 Å². The largest absolute Gasteiger partial charge is 0.393 e. The average molecular weight is 200 g/mol. The molecular formula is C13H28O. The van der Waals surface area contributed by atoms with Crippen LogP contribution in [0.25, 0.3) is 0 Å². The maximum Gasteiger partial charge on any atom is 0.0570 e.